The average molecular weight is 534 g/mol. The van der Waals surface area contributed by atoms with Crippen LogP contribution in [-0.4, -0.2) is 19.1 Å². The molecule has 40 heavy (non-hydrogen) atoms. The molecule has 1 unspecified atom stereocenters. The number of aryl methyl sites for hydroxylation is 3. The molecule has 0 radical (unpaired) electrons. The van der Waals surface area contributed by atoms with Crippen molar-refractivity contribution in [3.05, 3.63) is 137 Å². The largest absolute Gasteiger partial charge is 0.388 e. The Morgan fingerprint density at radius 3 is 2.30 bits per heavy atom. The van der Waals surface area contributed by atoms with Crippen LogP contribution in [0.2, 0.25) is 0 Å². The molecular formula is C37H47N3. The van der Waals surface area contributed by atoms with E-state index in [1.54, 1.807) is 0 Å². The van der Waals surface area contributed by atoms with Crippen LogP contribution in [0.3, 0.4) is 0 Å². The van der Waals surface area contributed by atoms with E-state index in [4.69, 9.17) is 0 Å². The van der Waals surface area contributed by atoms with Gasteiger partial charge in [0.05, 0.1) is 0 Å². The number of nitrogens with zero attached hydrogens (tertiary/aromatic N) is 1. The van der Waals surface area contributed by atoms with Crippen molar-refractivity contribution in [1.29, 1.82) is 0 Å². The Hall–Kier alpha value is -3.72. The van der Waals surface area contributed by atoms with E-state index >= 15 is 0 Å². The van der Waals surface area contributed by atoms with Gasteiger partial charge in [0, 0.05) is 54.8 Å². The van der Waals surface area contributed by atoms with Crippen LogP contribution in [0.1, 0.15) is 53.1 Å². The predicted octanol–water partition coefficient (Wildman–Crippen LogP) is 7.96. The Labute approximate surface area is 242 Å². The highest BCUT2D eigenvalue weighted by atomic mass is 15.2. The molecule has 3 aromatic carbocycles. The van der Waals surface area contributed by atoms with Crippen molar-refractivity contribution in [3.8, 4) is 0 Å². The molecule has 1 aliphatic heterocycles. The SMILES string of the molecule is C=C(CCc1c(C)cc(C)cc1C)NCC(C)[C@H](Cc1ccccc1)NC(=C)CCN1C(=C)Cc2ccccc21. The lowest BCUT2D eigenvalue weighted by Crippen LogP contribution is -2.41. The van der Waals surface area contributed by atoms with Gasteiger partial charge >= 0.3 is 0 Å². The molecule has 0 bridgehead atoms. The number of nitrogens with one attached hydrogen (secondary N) is 2. The van der Waals surface area contributed by atoms with Gasteiger partial charge in [-0.25, -0.2) is 0 Å². The monoisotopic (exact) mass is 533 g/mol. The molecule has 210 valence electrons. The quantitative estimate of drug-likeness (QED) is 0.220. The predicted molar refractivity (Wildman–Crippen MR) is 173 cm³/mol. The van der Waals surface area contributed by atoms with Gasteiger partial charge in [0.2, 0.25) is 0 Å². The van der Waals surface area contributed by atoms with Crippen LogP contribution in [0, 0.1) is 26.7 Å². The maximum Gasteiger partial charge on any atom is 0.0444 e. The normalized spacial score (nSPS) is 14.0. The van der Waals surface area contributed by atoms with Gasteiger partial charge in [0.25, 0.3) is 0 Å². The number of anilines is 1. The summed E-state index contributed by atoms with van der Waals surface area (Å²) in [5, 5.41) is 7.46. The second kappa shape index (κ2) is 13.6. The van der Waals surface area contributed by atoms with Crippen LogP contribution in [0.4, 0.5) is 5.69 Å². The third-order valence-corrected chi connectivity index (χ3v) is 8.26. The molecule has 3 heteroatoms. The highest BCUT2D eigenvalue weighted by Gasteiger charge is 2.23. The van der Waals surface area contributed by atoms with Crippen LogP contribution < -0.4 is 15.5 Å². The highest BCUT2D eigenvalue weighted by molar-refractivity contribution is 5.64. The zero-order chi connectivity index (χ0) is 28.6. The van der Waals surface area contributed by atoms with E-state index in [2.05, 4.69) is 130 Å². The van der Waals surface area contributed by atoms with Crippen LogP contribution in [0.15, 0.2) is 104 Å². The van der Waals surface area contributed by atoms with E-state index in [9.17, 15) is 0 Å². The first-order chi connectivity index (χ1) is 19.2. The molecule has 1 aliphatic rings. The van der Waals surface area contributed by atoms with Gasteiger partial charge in [-0.15, -0.1) is 0 Å². The molecule has 4 rings (SSSR count). The fourth-order valence-electron chi connectivity index (χ4n) is 5.95. The molecule has 0 aromatic heterocycles. The van der Waals surface area contributed by atoms with Crippen LogP contribution in [-0.2, 0) is 19.3 Å². The molecule has 0 saturated carbocycles. The maximum atomic E-state index is 4.44. The third-order valence-electron chi connectivity index (χ3n) is 8.26. The molecule has 2 N–H and O–H groups in total. The number of hydrogen-bond donors (Lipinski definition) is 2. The zero-order valence-corrected chi connectivity index (χ0v) is 25.0. The van der Waals surface area contributed by atoms with Crippen LogP contribution >= 0.6 is 0 Å². The topological polar surface area (TPSA) is 27.3 Å². The van der Waals surface area contributed by atoms with Gasteiger partial charge in [-0.05, 0) is 79.8 Å². The number of allylic oxidation sites excluding steroid dienone is 2. The molecule has 1 heterocycles. The minimum atomic E-state index is 0.269. The highest BCUT2D eigenvalue weighted by Crippen LogP contribution is 2.33. The molecule has 0 fully saturated rings. The maximum absolute atomic E-state index is 4.44. The van der Waals surface area contributed by atoms with Crippen LogP contribution in [0.25, 0.3) is 0 Å². The first kappa shape index (κ1) is 29.3. The minimum Gasteiger partial charge on any atom is -0.388 e. The second-order valence-electron chi connectivity index (χ2n) is 11.7. The summed E-state index contributed by atoms with van der Waals surface area (Å²) in [6.45, 7) is 23.8. The van der Waals surface area contributed by atoms with E-state index in [-0.39, 0.29) is 6.04 Å². The van der Waals surface area contributed by atoms with Crippen molar-refractivity contribution in [2.75, 3.05) is 18.0 Å². The Bertz CT molecular complexity index is 1310. The van der Waals surface area contributed by atoms with E-state index in [1.807, 2.05) is 0 Å². The van der Waals surface area contributed by atoms with Gasteiger partial charge in [0.1, 0.15) is 0 Å². The standard InChI is InChI=1S/C37H47N3/c1-26-21-27(2)35(28(3)22-26)18-17-30(5)38-25-29(4)36(24-33-13-9-8-10-14-33)39-31(6)19-20-40-32(7)23-34-15-11-12-16-37(34)40/h8-16,21-22,29,36,38-39H,5-7,17-20,23-25H2,1-4H3/t29?,36-/m0/s1. The lowest BCUT2D eigenvalue weighted by Gasteiger charge is -2.29. The molecule has 0 spiro atoms. The van der Waals surface area contributed by atoms with Crippen molar-refractivity contribution in [1.82, 2.24) is 10.6 Å². The Kier molecular flexibility index (Phi) is 9.93. The number of hydrogen-bond acceptors (Lipinski definition) is 3. The number of fused-ring (bicyclic) bond motifs is 1. The molecule has 3 nitrogen and oxygen atoms in total. The third kappa shape index (κ3) is 7.69. The van der Waals surface area contributed by atoms with Crippen molar-refractivity contribution < 1.29 is 0 Å². The Morgan fingerprint density at radius 2 is 1.57 bits per heavy atom. The van der Waals surface area contributed by atoms with E-state index in [0.717, 1.165) is 56.6 Å². The summed E-state index contributed by atoms with van der Waals surface area (Å²) in [6, 6.07) is 24.2. The number of benzene rings is 3. The van der Waals surface area contributed by atoms with Gasteiger partial charge in [0.15, 0.2) is 0 Å². The fraction of sp³-hybridized carbons (Fsp3) is 0.351. The smallest absolute Gasteiger partial charge is 0.0444 e. The van der Waals surface area contributed by atoms with Crippen LogP contribution in [0.5, 0.6) is 0 Å². The first-order valence-electron chi connectivity index (χ1n) is 14.7. The number of para-hydroxylation sites is 1. The second-order valence-corrected chi connectivity index (χ2v) is 11.7. The Balaban J connectivity index is 1.32. The molecule has 3 aromatic rings. The molecular weight excluding hydrogens is 486 g/mol. The summed E-state index contributed by atoms with van der Waals surface area (Å²) in [7, 11) is 0. The average Bonchev–Trinajstić information content (AvgIpc) is 3.24. The summed E-state index contributed by atoms with van der Waals surface area (Å²) < 4.78 is 0. The number of rotatable bonds is 14. The van der Waals surface area contributed by atoms with Crippen molar-refractivity contribution in [2.45, 2.75) is 65.8 Å². The Morgan fingerprint density at radius 1 is 0.900 bits per heavy atom. The lowest BCUT2D eigenvalue weighted by atomic mass is 9.93. The molecule has 0 saturated heterocycles. The zero-order valence-electron chi connectivity index (χ0n) is 25.0. The fourth-order valence-corrected chi connectivity index (χ4v) is 5.95. The van der Waals surface area contributed by atoms with E-state index < -0.39 is 0 Å². The van der Waals surface area contributed by atoms with E-state index in [1.165, 1.54) is 44.8 Å². The van der Waals surface area contributed by atoms with Crippen molar-refractivity contribution >= 4 is 5.69 Å². The molecule has 2 atom stereocenters. The van der Waals surface area contributed by atoms with Gasteiger partial charge in [-0.1, -0.05) is 92.9 Å². The summed E-state index contributed by atoms with van der Waals surface area (Å²) in [5.41, 5.74) is 12.9. The summed E-state index contributed by atoms with van der Waals surface area (Å²) in [5.74, 6) is 0.388. The van der Waals surface area contributed by atoms with Gasteiger partial charge < -0.3 is 15.5 Å². The van der Waals surface area contributed by atoms with Crippen molar-refractivity contribution in [2.24, 2.45) is 5.92 Å². The van der Waals surface area contributed by atoms with Crippen molar-refractivity contribution in [3.63, 3.8) is 0 Å². The van der Waals surface area contributed by atoms with E-state index in [0.29, 0.717) is 5.92 Å². The first-order valence-corrected chi connectivity index (χ1v) is 14.7. The van der Waals surface area contributed by atoms with Gasteiger partial charge in [-0.2, -0.15) is 0 Å². The molecule has 0 amide bonds. The summed E-state index contributed by atoms with van der Waals surface area (Å²) in [6.07, 6.45) is 4.73. The minimum absolute atomic E-state index is 0.269. The lowest BCUT2D eigenvalue weighted by molar-refractivity contribution is 0.384. The summed E-state index contributed by atoms with van der Waals surface area (Å²) >= 11 is 0. The summed E-state index contributed by atoms with van der Waals surface area (Å²) in [4.78, 5) is 2.35. The van der Waals surface area contributed by atoms with Gasteiger partial charge in [-0.3, -0.25) is 0 Å². The molecule has 0 aliphatic carbocycles.